The van der Waals surface area contributed by atoms with Crippen molar-refractivity contribution in [1.82, 2.24) is 0 Å². The van der Waals surface area contributed by atoms with E-state index in [-0.39, 0.29) is 16.5 Å². The Morgan fingerprint density at radius 3 is 1.00 bits per heavy atom. The largest absolute Gasteiger partial charge is 2.00 e. The van der Waals surface area contributed by atoms with Crippen LogP contribution in [0.25, 0.3) is 0 Å². The van der Waals surface area contributed by atoms with E-state index >= 15 is 0 Å². The Hall–Kier alpha value is 0.874. The number of hydrogen-bond donors (Lipinski definition) is 0. The zero-order chi connectivity index (χ0) is 7.15. The van der Waals surface area contributed by atoms with Crippen LogP contribution in [0.1, 0.15) is 0 Å². The van der Waals surface area contributed by atoms with Crippen LogP contribution >= 0.6 is 16.1 Å². The van der Waals surface area contributed by atoms with E-state index in [1.165, 1.54) is 0 Å². The van der Waals surface area contributed by atoms with Gasteiger partial charge in [0.1, 0.15) is 0 Å². The quantitative estimate of drug-likeness (QED) is 0.380. The summed E-state index contributed by atoms with van der Waals surface area (Å²) in [5.41, 5.74) is 0. The third kappa shape index (κ3) is 549. The van der Waals surface area contributed by atoms with Crippen LogP contribution in [0.15, 0.2) is 0 Å². The van der Waals surface area contributed by atoms with Gasteiger partial charge in [-0.1, -0.05) is 0 Å². The summed E-state index contributed by atoms with van der Waals surface area (Å²) in [7, 11) is -4.76. The van der Waals surface area contributed by atoms with Crippen molar-refractivity contribution in [2.24, 2.45) is 0 Å². The SMILES string of the molecule is C[PH](=O)[O-].C[PH](=O)[O-].[Ni+2]. The molecule has 0 radical (unpaired) electrons. The van der Waals surface area contributed by atoms with Crippen molar-refractivity contribution < 1.29 is 35.4 Å². The average molecular weight is 217 g/mol. The fourth-order valence-corrected chi connectivity index (χ4v) is 0. The molecule has 0 saturated carbocycles. The molecule has 2 unspecified atom stereocenters. The molecule has 7 heteroatoms. The van der Waals surface area contributed by atoms with E-state index in [1.54, 1.807) is 0 Å². The van der Waals surface area contributed by atoms with Gasteiger partial charge in [0.15, 0.2) is 0 Å². The predicted molar refractivity (Wildman–Crippen MR) is 29.9 cm³/mol. The minimum atomic E-state index is -2.38. The van der Waals surface area contributed by atoms with Gasteiger partial charge in [0.2, 0.25) is 0 Å². The molecule has 0 aliphatic rings. The molecule has 9 heavy (non-hydrogen) atoms. The van der Waals surface area contributed by atoms with E-state index in [4.69, 9.17) is 18.9 Å². The summed E-state index contributed by atoms with van der Waals surface area (Å²) in [6.07, 6.45) is 0. The van der Waals surface area contributed by atoms with Crippen molar-refractivity contribution in [1.29, 1.82) is 0 Å². The van der Waals surface area contributed by atoms with Gasteiger partial charge in [0.05, 0.1) is 0 Å². The molecular weight excluding hydrogens is 209 g/mol. The van der Waals surface area contributed by atoms with Crippen molar-refractivity contribution in [3.05, 3.63) is 0 Å². The Bertz CT molecular complexity index is 74.6. The summed E-state index contributed by atoms with van der Waals surface area (Å²) in [6.45, 7) is 2.31. The first-order chi connectivity index (χ1) is 3.46. The second kappa shape index (κ2) is 11.6. The summed E-state index contributed by atoms with van der Waals surface area (Å²) in [4.78, 5) is 18.1. The number of rotatable bonds is 0. The maximum absolute atomic E-state index is 9.07. The molecule has 0 bridgehead atoms. The van der Waals surface area contributed by atoms with Gasteiger partial charge in [-0.05, 0) is 29.4 Å². The van der Waals surface area contributed by atoms with Crippen molar-refractivity contribution in [2.75, 3.05) is 13.3 Å². The van der Waals surface area contributed by atoms with Crippen molar-refractivity contribution in [3.63, 3.8) is 0 Å². The third-order valence-electron chi connectivity index (χ3n) is 0. The van der Waals surface area contributed by atoms with E-state index in [0.717, 1.165) is 13.3 Å². The topological polar surface area (TPSA) is 80.3 Å². The zero-order valence-corrected chi connectivity index (χ0v) is 7.94. The Balaban J connectivity index is -0.0000000720. The Labute approximate surface area is 65.3 Å². The second-order valence-corrected chi connectivity index (χ2v) is 2.95. The summed E-state index contributed by atoms with van der Waals surface area (Å²) in [6, 6.07) is 0. The zero-order valence-electron chi connectivity index (χ0n) is 4.95. The molecule has 2 atom stereocenters. The van der Waals surface area contributed by atoms with Crippen LogP contribution in [0.2, 0.25) is 0 Å². The molecule has 0 aromatic carbocycles. The molecule has 0 aromatic rings. The third-order valence-corrected chi connectivity index (χ3v) is 0. The molecule has 0 amide bonds. The summed E-state index contributed by atoms with van der Waals surface area (Å²) in [5, 5.41) is 0. The van der Waals surface area contributed by atoms with Gasteiger partial charge in [-0.3, -0.25) is 0 Å². The maximum atomic E-state index is 9.07. The van der Waals surface area contributed by atoms with Gasteiger partial charge in [-0.15, -0.1) is 0 Å². The van der Waals surface area contributed by atoms with Crippen LogP contribution < -0.4 is 9.79 Å². The minimum Gasteiger partial charge on any atom is -0.802 e. The van der Waals surface area contributed by atoms with Crippen molar-refractivity contribution in [2.45, 2.75) is 0 Å². The van der Waals surface area contributed by atoms with E-state index < -0.39 is 16.1 Å². The molecule has 4 nitrogen and oxygen atoms in total. The van der Waals surface area contributed by atoms with Crippen LogP contribution in [0.3, 0.4) is 0 Å². The second-order valence-electron chi connectivity index (χ2n) is 0.983. The first-order valence-corrected chi connectivity index (χ1v) is 5.45. The molecule has 0 N–H and O–H groups in total. The van der Waals surface area contributed by atoms with E-state index in [1.807, 2.05) is 0 Å². The molecular formula is C2H8NiO4P2. The first-order valence-electron chi connectivity index (χ1n) is 1.82. The smallest absolute Gasteiger partial charge is 0.802 e. The Kier molecular flexibility index (Phi) is 21.3. The number of hydrogen-bond acceptors (Lipinski definition) is 4. The van der Waals surface area contributed by atoms with Crippen LogP contribution in [0.5, 0.6) is 0 Å². The predicted octanol–water partition coefficient (Wildman–Crippen LogP) is -1.10. The standard InChI is InChI=1S/2CH5O2P.Ni/c2*1-4(2)3;/h2*4H,1H3,(H,2,3);/q;;+2/p-2. The monoisotopic (exact) mass is 216 g/mol. The first kappa shape index (κ1) is 16.5. The van der Waals surface area contributed by atoms with E-state index in [0.29, 0.717) is 0 Å². The van der Waals surface area contributed by atoms with Gasteiger partial charge in [0, 0.05) is 0 Å². The van der Waals surface area contributed by atoms with Crippen LogP contribution in [-0.2, 0) is 25.6 Å². The minimum absolute atomic E-state index is 0. The van der Waals surface area contributed by atoms with E-state index in [9.17, 15) is 0 Å². The molecule has 0 aromatic heterocycles. The molecule has 0 fully saturated rings. The Morgan fingerprint density at radius 1 is 1.00 bits per heavy atom. The molecule has 0 spiro atoms. The van der Waals surface area contributed by atoms with Gasteiger partial charge in [-0.25, -0.2) is 0 Å². The fraction of sp³-hybridized carbons (Fsp3) is 1.00. The van der Waals surface area contributed by atoms with Crippen LogP contribution in [0, 0.1) is 0 Å². The Morgan fingerprint density at radius 2 is 1.00 bits per heavy atom. The van der Waals surface area contributed by atoms with Gasteiger partial charge in [0.25, 0.3) is 0 Å². The van der Waals surface area contributed by atoms with Gasteiger partial charge < -0.3 is 18.9 Å². The summed E-state index contributed by atoms with van der Waals surface area (Å²) < 4.78 is 18.1. The van der Waals surface area contributed by atoms with Crippen LogP contribution in [0.4, 0.5) is 0 Å². The molecule has 0 heterocycles. The van der Waals surface area contributed by atoms with E-state index in [2.05, 4.69) is 0 Å². The van der Waals surface area contributed by atoms with Crippen molar-refractivity contribution in [3.8, 4) is 0 Å². The van der Waals surface area contributed by atoms with Gasteiger partial charge >= 0.3 is 16.5 Å². The fourth-order valence-electron chi connectivity index (χ4n) is 0. The molecule has 0 aliphatic heterocycles. The summed E-state index contributed by atoms with van der Waals surface area (Å²) >= 11 is 0. The van der Waals surface area contributed by atoms with Crippen LogP contribution in [-0.4, -0.2) is 13.3 Å². The molecule has 60 valence electrons. The summed E-state index contributed by atoms with van der Waals surface area (Å²) in [5.74, 6) is 0. The molecule has 0 rings (SSSR count). The normalized spacial score (nSPS) is 13.8. The molecule has 0 saturated heterocycles. The maximum Gasteiger partial charge on any atom is 2.00 e. The van der Waals surface area contributed by atoms with Gasteiger partial charge in [-0.2, -0.15) is 0 Å². The van der Waals surface area contributed by atoms with Crippen molar-refractivity contribution >= 4 is 16.1 Å². The molecule has 0 aliphatic carbocycles. The average Bonchev–Trinajstić information content (AvgIpc) is 1.25.